The predicted octanol–water partition coefficient (Wildman–Crippen LogP) is 3.32. The molecule has 0 aromatic heterocycles. The zero-order chi connectivity index (χ0) is 13.2. The van der Waals surface area contributed by atoms with Gasteiger partial charge in [-0.25, -0.2) is 0 Å². The molecule has 1 aliphatic carbocycles. The van der Waals surface area contributed by atoms with Crippen molar-refractivity contribution in [3.8, 4) is 11.8 Å². The molecule has 1 rings (SSSR count). The summed E-state index contributed by atoms with van der Waals surface area (Å²) in [5, 5.41) is 8.91. The van der Waals surface area contributed by atoms with Gasteiger partial charge in [-0.3, -0.25) is 0 Å². The average molecular weight is 268 g/mol. The van der Waals surface area contributed by atoms with Gasteiger partial charge in [0.2, 0.25) is 0 Å². The summed E-state index contributed by atoms with van der Waals surface area (Å²) in [5.74, 6) is 7.35. The molecular formula is C15H25O2P. The monoisotopic (exact) mass is 268 g/mol. The highest BCUT2D eigenvalue weighted by atomic mass is 31.0. The number of allylic oxidation sites excluding steroid dienone is 1. The molecule has 1 fully saturated rings. The van der Waals surface area contributed by atoms with Gasteiger partial charge in [-0.1, -0.05) is 38.0 Å². The van der Waals surface area contributed by atoms with E-state index in [4.69, 9.17) is 9.63 Å². The third-order valence-corrected chi connectivity index (χ3v) is 3.78. The molecule has 0 aliphatic heterocycles. The summed E-state index contributed by atoms with van der Waals surface area (Å²) in [6.07, 6.45) is 10.9. The van der Waals surface area contributed by atoms with Gasteiger partial charge in [0.15, 0.2) is 0 Å². The van der Waals surface area contributed by atoms with Crippen molar-refractivity contribution in [3.63, 3.8) is 0 Å². The van der Waals surface area contributed by atoms with Gasteiger partial charge >= 0.3 is 0 Å². The number of rotatable bonds is 8. The van der Waals surface area contributed by atoms with E-state index in [2.05, 4.69) is 28.2 Å². The van der Waals surface area contributed by atoms with Crippen molar-refractivity contribution in [2.45, 2.75) is 51.6 Å². The second-order valence-electron chi connectivity index (χ2n) is 4.99. The maximum absolute atomic E-state index is 8.91. The van der Waals surface area contributed by atoms with Gasteiger partial charge < -0.3 is 9.63 Å². The lowest BCUT2D eigenvalue weighted by molar-refractivity contribution is 0.269. The molecule has 0 radical (unpaired) electrons. The van der Waals surface area contributed by atoms with Crippen molar-refractivity contribution in [2.24, 2.45) is 11.8 Å². The Bertz CT molecular complexity index is 303. The molecule has 2 nitrogen and oxygen atoms in total. The first-order valence-electron chi connectivity index (χ1n) is 6.93. The highest BCUT2D eigenvalue weighted by Gasteiger charge is 2.35. The van der Waals surface area contributed by atoms with Crippen LogP contribution < -0.4 is 0 Å². The van der Waals surface area contributed by atoms with E-state index in [1.807, 2.05) is 12.2 Å². The molecule has 0 aromatic rings. The second kappa shape index (κ2) is 9.56. The Morgan fingerprint density at radius 1 is 1.44 bits per heavy atom. The number of aliphatic hydroxyl groups is 1. The molecule has 1 saturated carbocycles. The summed E-state index contributed by atoms with van der Waals surface area (Å²) in [6.45, 7) is 2.53. The van der Waals surface area contributed by atoms with Crippen LogP contribution in [-0.4, -0.2) is 17.8 Å². The topological polar surface area (TPSA) is 29.5 Å². The summed E-state index contributed by atoms with van der Waals surface area (Å²) in [4.78, 5) is 0. The van der Waals surface area contributed by atoms with Gasteiger partial charge in [-0.15, -0.1) is 0 Å². The van der Waals surface area contributed by atoms with Gasteiger partial charge in [-0.2, -0.15) is 0 Å². The van der Waals surface area contributed by atoms with E-state index >= 15 is 0 Å². The first-order valence-corrected chi connectivity index (χ1v) is 7.40. The van der Waals surface area contributed by atoms with Crippen LogP contribution in [0.4, 0.5) is 0 Å². The molecule has 0 spiro atoms. The van der Waals surface area contributed by atoms with Crippen molar-refractivity contribution < 1.29 is 9.63 Å². The largest absolute Gasteiger partial charge is 0.396 e. The van der Waals surface area contributed by atoms with Crippen molar-refractivity contribution in [1.82, 2.24) is 0 Å². The summed E-state index contributed by atoms with van der Waals surface area (Å²) in [6, 6.07) is 0. The average Bonchev–Trinajstić information content (AvgIpc) is 3.15. The highest BCUT2D eigenvalue weighted by Crippen LogP contribution is 2.40. The van der Waals surface area contributed by atoms with E-state index < -0.39 is 0 Å². The minimum absolute atomic E-state index is 0.168. The summed E-state index contributed by atoms with van der Waals surface area (Å²) < 4.78 is 5.30. The third kappa shape index (κ3) is 6.55. The molecule has 18 heavy (non-hydrogen) atoms. The Hall–Kier alpha value is -0.350. The number of aliphatic hydroxyl groups excluding tert-OH is 1. The standard InChI is InChI=1S/C15H25O2P/c1-2-3-5-9-15(17-18)10-7-4-6-8-13-11-14(13)12-16/h7,10,13-16H,2-3,5,8-9,11-12,18H2,1H3/b10-7+/t13-,14+,15?/m0/s1. The molecule has 1 N–H and O–H groups in total. The number of hydrogen-bond acceptors (Lipinski definition) is 2. The summed E-state index contributed by atoms with van der Waals surface area (Å²) in [7, 11) is 2.33. The van der Waals surface area contributed by atoms with E-state index in [0.29, 0.717) is 18.4 Å². The lowest BCUT2D eigenvalue weighted by Crippen LogP contribution is -2.02. The van der Waals surface area contributed by atoms with Gasteiger partial charge in [0, 0.05) is 22.5 Å². The van der Waals surface area contributed by atoms with Gasteiger partial charge in [0.1, 0.15) is 0 Å². The van der Waals surface area contributed by atoms with Gasteiger partial charge in [0.25, 0.3) is 0 Å². The lowest BCUT2D eigenvalue weighted by Gasteiger charge is -2.08. The van der Waals surface area contributed by atoms with E-state index in [0.717, 1.165) is 19.3 Å². The van der Waals surface area contributed by atoms with Crippen LogP contribution in [0.15, 0.2) is 12.2 Å². The normalized spacial score (nSPS) is 23.7. The number of hydrogen-bond donors (Lipinski definition) is 1. The van der Waals surface area contributed by atoms with Crippen molar-refractivity contribution >= 4 is 9.47 Å². The van der Waals surface area contributed by atoms with Crippen LogP contribution in [0.1, 0.15) is 45.4 Å². The molecule has 1 aliphatic rings. The Labute approximate surface area is 113 Å². The first kappa shape index (κ1) is 15.7. The van der Waals surface area contributed by atoms with E-state index in [1.165, 1.54) is 19.3 Å². The van der Waals surface area contributed by atoms with Crippen LogP contribution in [0.3, 0.4) is 0 Å². The van der Waals surface area contributed by atoms with Gasteiger partial charge in [-0.05, 0) is 36.8 Å². The van der Waals surface area contributed by atoms with Crippen molar-refractivity contribution in [3.05, 3.63) is 12.2 Å². The molecule has 0 bridgehead atoms. The maximum atomic E-state index is 8.91. The third-order valence-electron chi connectivity index (χ3n) is 3.43. The smallest absolute Gasteiger partial charge is 0.0800 e. The SMILES string of the molecule is CCCCCC(/C=C/C#CC[C@H]1C[C@@H]1CO)OP. The molecule has 4 atom stereocenters. The van der Waals surface area contributed by atoms with E-state index in [9.17, 15) is 0 Å². The van der Waals surface area contributed by atoms with Crippen molar-refractivity contribution in [1.29, 1.82) is 0 Å². The second-order valence-corrected chi connectivity index (χ2v) is 5.27. The molecule has 0 amide bonds. The first-order chi connectivity index (χ1) is 8.81. The fourth-order valence-electron chi connectivity index (χ4n) is 1.99. The van der Waals surface area contributed by atoms with Crippen LogP contribution in [0.2, 0.25) is 0 Å². The van der Waals surface area contributed by atoms with Crippen LogP contribution in [-0.2, 0) is 4.52 Å². The molecule has 2 unspecified atom stereocenters. The number of unbranched alkanes of at least 4 members (excludes halogenated alkanes) is 2. The molecule has 102 valence electrons. The fraction of sp³-hybridized carbons (Fsp3) is 0.733. The minimum Gasteiger partial charge on any atom is -0.396 e. The molecule has 0 saturated heterocycles. The quantitative estimate of drug-likeness (QED) is 0.416. The summed E-state index contributed by atoms with van der Waals surface area (Å²) >= 11 is 0. The molecular weight excluding hydrogens is 243 g/mol. The Kier molecular flexibility index (Phi) is 8.34. The van der Waals surface area contributed by atoms with Crippen LogP contribution >= 0.6 is 9.47 Å². The maximum Gasteiger partial charge on any atom is 0.0800 e. The van der Waals surface area contributed by atoms with Gasteiger partial charge in [0.05, 0.1) is 6.10 Å². The summed E-state index contributed by atoms with van der Waals surface area (Å²) in [5.41, 5.74) is 0. The molecule has 0 heterocycles. The Morgan fingerprint density at radius 2 is 2.28 bits per heavy atom. The molecule has 0 aromatic carbocycles. The van der Waals surface area contributed by atoms with Crippen LogP contribution in [0.5, 0.6) is 0 Å². The zero-order valence-corrected chi connectivity index (χ0v) is 12.4. The Balaban J connectivity index is 2.15. The van der Waals surface area contributed by atoms with Crippen molar-refractivity contribution in [2.75, 3.05) is 6.61 Å². The van der Waals surface area contributed by atoms with E-state index in [-0.39, 0.29) is 6.10 Å². The Morgan fingerprint density at radius 3 is 2.89 bits per heavy atom. The predicted molar refractivity (Wildman–Crippen MR) is 78.9 cm³/mol. The lowest BCUT2D eigenvalue weighted by atomic mass is 10.1. The zero-order valence-electron chi connectivity index (χ0n) is 11.3. The highest BCUT2D eigenvalue weighted by molar-refractivity contribution is 7.09. The van der Waals surface area contributed by atoms with Crippen LogP contribution in [0, 0.1) is 23.7 Å². The molecule has 3 heteroatoms. The minimum atomic E-state index is 0.168. The fourth-order valence-corrected chi connectivity index (χ4v) is 2.22. The van der Waals surface area contributed by atoms with Crippen LogP contribution in [0.25, 0.3) is 0 Å². The van der Waals surface area contributed by atoms with E-state index in [1.54, 1.807) is 0 Å².